The molecule has 2 rings (SSSR count). The van der Waals surface area contributed by atoms with Gasteiger partial charge in [0.25, 0.3) is 0 Å². The average Bonchev–Trinajstić information content (AvgIpc) is 2.41. The molecule has 1 atom stereocenters. The van der Waals surface area contributed by atoms with Crippen molar-refractivity contribution in [2.75, 3.05) is 19.6 Å². The number of benzene rings is 1. The van der Waals surface area contributed by atoms with Crippen molar-refractivity contribution in [2.45, 2.75) is 26.2 Å². The highest BCUT2D eigenvalue weighted by Crippen LogP contribution is 2.20. The molecule has 1 aromatic rings. The molecule has 0 aromatic heterocycles. The summed E-state index contributed by atoms with van der Waals surface area (Å²) in [5.41, 5.74) is 7.56. The van der Waals surface area contributed by atoms with Gasteiger partial charge in [0, 0.05) is 6.54 Å². The first kappa shape index (κ1) is 15.5. The molecular weight excluding hydrogens is 266 g/mol. The van der Waals surface area contributed by atoms with Crippen molar-refractivity contribution in [1.29, 1.82) is 0 Å². The molecule has 1 saturated heterocycles. The molecule has 1 aliphatic rings. The number of carbonyl (C=O) groups is 2. The van der Waals surface area contributed by atoms with Gasteiger partial charge < -0.3 is 5.73 Å². The first-order valence-electron chi connectivity index (χ1n) is 7.40. The predicted octanol–water partition coefficient (Wildman–Crippen LogP) is 1.44. The van der Waals surface area contributed by atoms with Crippen molar-refractivity contribution in [1.82, 2.24) is 10.2 Å². The molecule has 5 nitrogen and oxygen atoms in total. The van der Waals surface area contributed by atoms with Crippen LogP contribution in [-0.4, -0.2) is 36.5 Å². The van der Waals surface area contributed by atoms with E-state index in [-0.39, 0.29) is 12.5 Å². The second-order valence-corrected chi connectivity index (χ2v) is 5.85. The number of nitrogens with one attached hydrogen (secondary N) is 1. The van der Waals surface area contributed by atoms with Crippen LogP contribution in [0.3, 0.4) is 0 Å². The Balaban J connectivity index is 1.84. The summed E-state index contributed by atoms with van der Waals surface area (Å²) in [4.78, 5) is 24.3. The van der Waals surface area contributed by atoms with Gasteiger partial charge in [0.1, 0.15) is 0 Å². The third-order valence-corrected chi connectivity index (χ3v) is 3.88. The van der Waals surface area contributed by atoms with Gasteiger partial charge in [-0.2, -0.15) is 0 Å². The van der Waals surface area contributed by atoms with Gasteiger partial charge >= 0.3 is 6.03 Å². The first-order chi connectivity index (χ1) is 10.0. The van der Waals surface area contributed by atoms with Crippen LogP contribution in [0.4, 0.5) is 4.79 Å². The SMILES string of the molecule is Cc1ccc(C[C@@H]2CCCN(CC(=O)NC(N)=O)C2)cc1. The van der Waals surface area contributed by atoms with Crippen molar-refractivity contribution >= 4 is 11.9 Å². The number of hydrogen-bond acceptors (Lipinski definition) is 3. The van der Waals surface area contributed by atoms with E-state index >= 15 is 0 Å². The Morgan fingerprint density at radius 2 is 2.05 bits per heavy atom. The van der Waals surface area contributed by atoms with Gasteiger partial charge in [0.15, 0.2) is 0 Å². The van der Waals surface area contributed by atoms with E-state index in [0.29, 0.717) is 5.92 Å². The van der Waals surface area contributed by atoms with E-state index in [2.05, 4.69) is 41.4 Å². The molecule has 5 heteroatoms. The third-order valence-electron chi connectivity index (χ3n) is 3.88. The minimum Gasteiger partial charge on any atom is -0.351 e. The molecule has 0 unspecified atom stereocenters. The highest BCUT2D eigenvalue weighted by Gasteiger charge is 2.22. The quantitative estimate of drug-likeness (QED) is 0.880. The van der Waals surface area contributed by atoms with Crippen molar-refractivity contribution in [3.63, 3.8) is 0 Å². The van der Waals surface area contributed by atoms with Crippen LogP contribution in [0.15, 0.2) is 24.3 Å². The number of urea groups is 1. The number of nitrogens with two attached hydrogens (primary N) is 1. The predicted molar refractivity (Wildman–Crippen MR) is 81.8 cm³/mol. The van der Waals surface area contributed by atoms with Gasteiger partial charge in [-0.3, -0.25) is 15.0 Å². The molecule has 21 heavy (non-hydrogen) atoms. The molecule has 1 fully saturated rings. The summed E-state index contributed by atoms with van der Waals surface area (Å²) >= 11 is 0. The van der Waals surface area contributed by atoms with Crippen LogP contribution in [0.1, 0.15) is 24.0 Å². The Bertz CT molecular complexity index is 499. The van der Waals surface area contributed by atoms with Crippen molar-refractivity contribution in [3.8, 4) is 0 Å². The van der Waals surface area contributed by atoms with Crippen LogP contribution in [0.2, 0.25) is 0 Å². The Hall–Kier alpha value is -1.88. The number of amides is 3. The molecule has 3 N–H and O–H groups in total. The fraction of sp³-hybridized carbons (Fsp3) is 0.500. The minimum atomic E-state index is -0.784. The van der Waals surface area contributed by atoms with Gasteiger partial charge in [-0.1, -0.05) is 29.8 Å². The second kappa shape index (κ2) is 7.22. The number of primary amides is 1. The van der Waals surface area contributed by atoms with E-state index in [1.807, 2.05) is 0 Å². The van der Waals surface area contributed by atoms with Crippen LogP contribution in [0.25, 0.3) is 0 Å². The Kier molecular flexibility index (Phi) is 5.33. The highest BCUT2D eigenvalue weighted by atomic mass is 16.2. The van der Waals surface area contributed by atoms with Gasteiger partial charge in [-0.05, 0) is 44.2 Å². The highest BCUT2D eigenvalue weighted by molar-refractivity contribution is 5.94. The first-order valence-corrected chi connectivity index (χ1v) is 7.40. The van der Waals surface area contributed by atoms with E-state index in [4.69, 9.17) is 5.73 Å². The lowest BCUT2D eigenvalue weighted by Crippen LogP contribution is -2.45. The zero-order valence-corrected chi connectivity index (χ0v) is 12.5. The number of piperidine rings is 1. The van der Waals surface area contributed by atoms with E-state index in [0.717, 1.165) is 25.9 Å². The molecule has 0 aliphatic carbocycles. The molecule has 1 aliphatic heterocycles. The minimum absolute atomic E-state index is 0.243. The lowest BCUT2D eigenvalue weighted by molar-refractivity contribution is -0.121. The number of carbonyl (C=O) groups excluding carboxylic acids is 2. The van der Waals surface area contributed by atoms with Crippen LogP contribution < -0.4 is 11.1 Å². The van der Waals surface area contributed by atoms with Crippen molar-refractivity contribution in [2.24, 2.45) is 11.7 Å². The lowest BCUT2D eigenvalue weighted by atomic mass is 9.91. The van der Waals surface area contributed by atoms with Crippen LogP contribution in [0, 0.1) is 12.8 Å². The molecule has 1 heterocycles. The number of imide groups is 1. The van der Waals surface area contributed by atoms with Crippen molar-refractivity contribution in [3.05, 3.63) is 35.4 Å². The number of nitrogens with zero attached hydrogens (tertiary/aromatic N) is 1. The van der Waals surface area contributed by atoms with Gasteiger partial charge in [0.2, 0.25) is 5.91 Å². The molecule has 1 aromatic carbocycles. The summed E-state index contributed by atoms with van der Waals surface area (Å²) < 4.78 is 0. The zero-order valence-electron chi connectivity index (χ0n) is 12.5. The standard InChI is InChI=1S/C16H23N3O2/c1-12-4-6-13(7-5-12)9-14-3-2-8-19(10-14)11-15(20)18-16(17)21/h4-7,14H,2-3,8-11H2,1H3,(H3,17,18,20,21)/t14-/m0/s1. The van der Waals surface area contributed by atoms with Gasteiger partial charge in [0.05, 0.1) is 6.54 Å². The van der Waals surface area contributed by atoms with Crippen LogP contribution in [-0.2, 0) is 11.2 Å². The summed E-state index contributed by atoms with van der Waals surface area (Å²) in [7, 11) is 0. The van der Waals surface area contributed by atoms with E-state index in [1.165, 1.54) is 17.5 Å². The topological polar surface area (TPSA) is 75.4 Å². The summed E-state index contributed by atoms with van der Waals surface area (Å²) in [6, 6.07) is 7.84. The molecule has 0 bridgehead atoms. The maximum absolute atomic E-state index is 11.6. The van der Waals surface area contributed by atoms with Crippen molar-refractivity contribution < 1.29 is 9.59 Å². The zero-order chi connectivity index (χ0) is 15.2. The molecular formula is C16H23N3O2. The number of hydrogen-bond donors (Lipinski definition) is 2. The summed E-state index contributed by atoms with van der Waals surface area (Å²) in [6.07, 6.45) is 3.30. The third kappa shape index (κ3) is 5.19. The monoisotopic (exact) mass is 289 g/mol. The van der Waals surface area contributed by atoms with Crippen LogP contribution >= 0.6 is 0 Å². The number of aryl methyl sites for hydroxylation is 1. The fourth-order valence-corrected chi connectivity index (χ4v) is 2.90. The molecule has 0 saturated carbocycles. The number of likely N-dealkylation sites (tertiary alicyclic amines) is 1. The summed E-state index contributed by atoms with van der Waals surface area (Å²) in [6.45, 7) is 4.12. The van der Waals surface area contributed by atoms with Crippen LogP contribution in [0.5, 0.6) is 0 Å². The van der Waals surface area contributed by atoms with E-state index < -0.39 is 6.03 Å². The van der Waals surface area contributed by atoms with Gasteiger partial charge in [-0.15, -0.1) is 0 Å². The summed E-state index contributed by atoms with van der Waals surface area (Å²) in [5, 5.41) is 2.12. The molecule has 3 amide bonds. The Labute approximate surface area is 125 Å². The largest absolute Gasteiger partial charge is 0.351 e. The second-order valence-electron chi connectivity index (χ2n) is 5.85. The maximum atomic E-state index is 11.6. The molecule has 0 spiro atoms. The normalized spacial score (nSPS) is 19.2. The van der Waals surface area contributed by atoms with Gasteiger partial charge in [-0.25, -0.2) is 4.79 Å². The maximum Gasteiger partial charge on any atom is 0.318 e. The molecule has 114 valence electrons. The fourth-order valence-electron chi connectivity index (χ4n) is 2.90. The molecule has 0 radical (unpaired) electrons. The average molecular weight is 289 g/mol. The number of rotatable bonds is 4. The lowest BCUT2D eigenvalue weighted by Gasteiger charge is -2.32. The van der Waals surface area contributed by atoms with E-state index in [1.54, 1.807) is 0 Å². The smallest absolute Gasteiger partial charge is 0.318 e. The summed E-state index contributed by atoms with van der Waals surface area (Å²) in [5.74, 6) is 0.237. The van der Waals surface area contributed by atoms with E-state index in [9.17, 15) is 9.59 Å². The Morgan fingerprint density at radius 1 is 1.33 bits per heavy atom. The Morgan fingerprint density at radius 3 is 2.71 bits per heavy atom.